The molecule has 0 radical (unpaired) electrons. The maximum absolute atomic E-state index is 11.9. The molecule has 0 heterocycles. The average Bonchev–Trinajstić information content (AvgIpc) is 2.20. The Morgan fingerprint density at radius 1 is 1.47 bits per heavy atom. The van der Waals surface area contributed by atoms with Crippen LogP contribution in [-0.2, 0) is 14.3 Å². The van der Waals surface area contributed by atoms with Crippen molar-refractivity contribution in [3.8, 4) is 0 Å². The smallest absolute Gasteiger partial charge is 0.411 e. The van der Waals surface area contributed by atoms with Crippen molar-refractivity contribution in [1.82, 2.24) is 4.90 Å². The maximum atomic E-state index is 11.9. The number of carbonyl (C=O) groups excluding carboxylic acids is 2. The number of aldehydes is 1. The summed E-state index contributed by atoms with van der Waals surface area (Å²) in [6.07, 6.45) is 1.65. The van der Waals surface area contributed by atoms with Crippen LogP contribution in [0.3, 0.4) is 0 Å². The van der Waals surface area contributed by atoms with E-state index in [9.17, 15) is 9.59 Å². The summed E-state index contributed by atoms with van der Waals surface area (Å²) in [6.45, 7) is 9.15. The molecule has 0 aromatic carbocycles. The normalized spacial score (nSPS) is 12.7. The topological polar surface area (TPSA) is 55.8 Å². The van der Waals surface area contributed by atoms with Crippen LogP contribution in [0.5, 0.6) is 0 Å². The quantitative estimate of drug-likeness (QED) is 0.525. The third kappa shape index (κ3) is 6.06. The molecule has 0 aromatic heterocycles. The molecule has 0 aliphatic heterocycles. The molecule has 98 valence electrons. The molecule has 5 heteroatoms. The first kappa shape index (κ1) is 15.6. The predicted octanol–water partition coefficient (Wildman–Crippen LogP) is 1.62. The average molecular weight is 243 g/mol. The highest BCUT2D eigenvalue weighted by atomic mass is 16.6. The molecule has 0 bridgehead atoms. The van der Waals surface area contributed by atoms with Crippen LogP contribution in [0, 0.1) is 0 Å². The molecular weight excluding hydrogens is 222 g/mol. The largest absolute Gasteiger partial charge is 0.444 e. The third-order valence-corrected chi connectivity index (χ3v) is 1.91. The zero-order valence-electron chi connectivity index (χ0n) is 10.9. The van der Waals surface area contributed by atoms with Crippen molar-refractivity contribution in [3.05, 3.63) is 12.7 Å². The highest BCUT2D eigenvalue weighted by Gasteiger charge is 2.26. The summed E-state index contributed by atoms with van der Waals surface area (Å²) in [5, 5.41) is 0. The Hall–Kier alpha value is -1.36. The summed E-state index contributed by atoms with van der Waals surface area (Å²) in [5.74, 6) is 0. The summed E-state index contributed by atoms with van der Waals surface area (Å²) in [5.41, 5.74) is -0.600. The van der Waals surface area contributed by atoms with Crippen molar-refractivity contribution in [2.24, 2.45) is 0 Å². The summed E-state index contributed by atoms with van der Waals surface area (Å²) in [4.78, 5) is 23.7. The van der Waals surface area contributed by atoms with E-state index in [4.69, 9.17) is 9.47 Å². The SMILES string of the molecule is C=CC(COC)N(CC=O)C(=O)OC(C)(C)C. The Morgan fingerprint density at radius 3 is 2.41 bits per heavy atom. The molecule has 0 saturated heterocycles. The van der Waals surface area contributed by atoms with E-state index in [-0.39, 0.29) is 19.2 Å². The molecule has 1 atom stereocenters. The van der Waals surface area contributed by atoms with E-state index in [1.807, 2.05) is 0 Å². The third-order valence-electron chi connectivity index (χ3n) is 1.91. The molecule has 0 aliphatic rings. The van der Waals surface area contributed by atoms with Gasteiger partial charge in [0.1, 0.15) is 11.9 Å². The van der Waals surface area contributed by atoms with Gasteiger partial charge >= 0.3 is 6.09 Å². The molecular formula is C12H21NO4. The van der Waals surface area contributed by atoms with Gasteiger partial charge in [0.05, 0.1) is 19.2 Å². The van der Waals surface area contributed by atoms with Gasteiger partial charge in [-0.2, -0.15) is 0 Å². The lowest BCUT2D eigenvalue weighted by molar-refractivity contribution is -0.109. The number of methoxy groups -OCH3 is 1. The Bertz CT molecular complexity index is 270. The van der Waals surface area contributed by atoms with Gasteiger partial charge in [0.15, 0.2) is 0 Å². The minimum absolute atomic E-state index is 0.0467. The van der Waals surface area contributed by atoms with Crippen molar-refractivity contribution in [3.63, 3.8) is 0 Å². The van der Waals surface area contributed by atoms with E-state index in [0.29, 0.717) is 6.29 Å². The highest BCUT2D eigenvalue weighted by molar-refractivity contribution is 5.72. The van der Waals surface area contributed by atoms with Crippen LogP contribution in [0.2, 0.25) is 0 Å². The molecule has 1 unspecified atom stereocenters. The van der Waals surface area contributed by atoms with Crippen molar-refractivity contribution < 1.29 is 19.1 Å². The zero-order valence-corrected chi connectivity index (χ0v) is 10.9. The van der Waals surface area contributed by atoms with E-state index < -0.39 is 11.7 Å². The van der Waals surface area contributed by atoms with Crippen LogP contribution in [0.4, 0.5) is 4.79 Å². The molecule has 0 aliphatic carbocycles. The van der Waals surface area contributed by atoms with Crippen LogP contribution in [0.15, 0.2) is 12.7 Å². The molecule has 0 aromatic rings. The lowest BCUT2D eigenvalue weighted by atomic mass is 10.2. The number of hydrogen-bond acceptors (Lipinski definition) is 4. The van der Waals surface area contributed by atoms with Gasteiger partial charge in [-0.15, -0.1) is 6.58 Å². The fourth-order valence-electron chi connectivity index (χ4n) is 1.20. The first-order valence-corrected chi connectivity index (χ1v) is 5.40. The van der Waals surface area contributed by atoms with Crippen molar-refractivity contribution >= 4 is 12.4 Å². The highest BCUT2D eigenvalue weighted by Crippen LogP contribution is 2.12. The van der Waals surface area contributed by atoms with Gasteiger partial charge in [-0.1, -0.05) is 6.08 Å². The van der Waals surface area contributed by atoms with Crippen molar-refractivity contribution in [2.75, 3.05) is 20.3 Å². The second-order valence-electron chi connectivity index (χ2n) is 4.56. The fraction of sp³-hybridized carbons (Fsp3) is 0.667. The number of hydrogen-bond donors (Lipinski definition) is 0. The first-order valence-electron chi connectivity index (χ1n) is 5.40. The molecule has 0 saturated carbocycles. The summed E-state index contributed by atoms with van der Waals surface area (Å²) in [6, 6.07) is -0.375. The Kier molecular flexibility index (Phi) is 6.50. The lowest BCUT2D eigenvalue weighted by Gasteiger charge is -2.30. The van der Waals surface area contributed by atoms with E-state index in [1.165, 1.54) is 12.0 Å². The van der Waals surface area contributed by atoms with Crippen molar-refractivity contribution in [1.29, 1.82) is 0 Å². The maximum Gasteiger partial charge on any atom is 0.411 e. The molecule has 0 spiro atoms. The van der Waals surface area contributed by atoms with Gasteiger partial charge in [0, 0.05) is 7.11 Å². The lowest BCUT2D eigenvalue weighted by Crippen LogP contribution is -2.45. The zero-order chi connectivity index (χ0) is 13.5. The number of ether oxygens (including phenoxy) is 2. The first-order chi connectivity index (χ1) is 7.85. The van der Waals surface area contributed by atoms with Gasteiger partial charge in [0.2, 0.25) is 0 Å². The van der Waals surface area contributed by atoms with E-state index >= 15 is 0 Å². The van der Waals surface area contributed by atoms with Gasteiger partial charge in [-0.3, -0.25) is 4.90 Å². The molecule has 1 amide bonds. The Labute approximate surface area is 102 Å². The van der Waals surface area contributed by atoms with E-state index in [0.717, 1.165) is 0 Å². The Balaban J connectivity index is 4.75. The van der Waals surface area contributed by atoms with Crippen LogP contribution < -0.4 is 0 Å². The van der Waals surface area contributed by atoms with Gasteiger partial charge in [0.25, 0.3) is 0 Å². The van der Waals surface area contributed by atoms with Crippen LogP contribution >= 0.6 is 0 Å². The van der Waals surface area contributed by atoms with Gasteiger partial charge in [-0.25, -0.2) is 4.79 Å². The molecule has 17 heavy (non-hydrogen) atoms. The van der Waals surface area contributed by atoms with Gasteiger partial charge in [-0.05, 0) is 20.8 Å². The Morgan fingerprint density at radius 2 is 2.06 bits per heavy atom. The van der Waals surface area contributed by atoms with E-state index in [2.05, 4.69) is 6.58 Å². The van der Waals surface area contributed by atoms with Crippen LogP contribution in [0.25, 0.3) is 0 Å². The molecule has 0 N–H and O–H groups in total. The summed E-state index contributed by atoms with van der Waals surface area (Å²) in [7, 11) is 1.52. The fourth-order valence-corrected chi connectivity index (χ4v) is 1.20. The number of rotatable bonds is 6. The minimum atomic E-state index is -0.600. The molecule has 0 rings (SSSR count). The van der Waals surface area contributed by atoms with Crippen LogP contribution in [0.1, 0.15) is 20.8 Å². The molecule has 5 nitrogen and oxygen atoms in total. The second-order valence-corrected chi connectivity index (χ2v) is 4.56. The van der Waals surface area contributed by atoms with Gasteiger partial charge < -0.3 is 14.3 Å². The minimum Gasteiger partial charge on any atom is -0.444 e. The van der Waals surface area contributed by atoms with Crippen molar-refractivity contribution in [2.45, 2.75) is 32.4 Å². The van der Waals surface area contributed by atoms with E-state index in [1.54, 1.807) is 26.8 Å². The number of carbonyl (C=O) groups is 2. The standard InChI is InChI=1S/C12H21NO4/c1-6-10(9-16-5)13(7-8-14)11(15)17-12(2,3)4/h6,8,10H,1,7,9H2,2-5H3. The van der Waals surface area contributed by atoms with Crippen LogP contribution in [-0.4, -0.2) is 49.2 Å². The predicted molar refractivity (Wildman–Crippen MR) is 64.9 cm³/mol. The number of nitrogens with zero attached hydrogens (tertiary/aromatic N) is 1. The second kappa shape index (κ2) is 7.06. The summed E-state index contributed by atoms with van der Waals surface area (Å²) >= 11 is 0. The monoisotopic (exact) mass is 243 g/mol. The molecule has 0 fully saturated rings. The number of amides is 1. The summed E-state index contributed by atoms with van der Waals surface area (Å²) < 4.78 is 10.2.